The van der Waals surface area contributed by atoms with Crippen LogP contribution >= 0.6 is 0 Å². The number of aryl methyl sites for hydroxylation is 1. The molecule has 9 nitrogen and oxygen atoms in total. The van der Waals surface area contributed by atoms with Crippen LogP contribution in [-0.4, -0.2) is 44.2 Å². The number of unbranched alkanes of at least 4 members (excludes halogenated alkanes) is 1. The average Bonchev–Trinajstić information content (AvgIpc) is 3.39. The van der Waals surface area contributed by atoms with E-state index in [4.69, 9.17) is 15.5 Å². The molecule has 3 heterocycles. The van der Waals surface area contributed by atoms with Crippen molar-refractivity contribution >= 4 is 22.6 Å². The van der Waals surface area contributed by atoms with Crippen molar-refractivity contribution in [1.29, 1.82) is 0 Å². The number of carboxylic acid groups (broad SMARTS) is 1. The molecule has 5 aromatic rings. The van der Waals surface area contributed by atoms with E-state index in [0.717, 1.165) is 52.5 Å². The van der Waals surface area contributed by atoms with Gasteiger partial charge in [0, 0.05) is 22.3 Å². The number of nitrogens with two attached hydrogens (primary N) is 1. The summed E-state index contributed by atoms with van der Waals surface area (Å²) >= 11 is 0. The summed E-state index contributed by atoms with van der Waals surface area (Å²) in [5.74, 6) is -0.830. The molecule has 10 heteroatoms. The number of fused-ring (bicyclic) bond motifs is 1. The van der Waals surface area contributed by atoms with Gasteiger partial charge in [-0.15, -0.1) is 0 Å². The number of pyridine rings is 2. The Morgan fingerprint density at radius 3 is 2.77 bits per heavy atom. The van der Waals surface area contributed by atoms with Crippen LogP contribution in [0.4, 0.5) is 10.1 Å². The molecule has 0 bridgehead atoms. The number of ether oxygens (including phenoxy) is 1. The first kappa shape index (κ1) is 26.8. The van der Waals surface area contributed by atoms with Crippen LogP contribution in [0, 0.1) is 12.7 Å². The molecule has 0 saturated carbocycles. The minimum Gasteiger partial charge on any atom is -0.492 e. The molecule has 5 rings (SSSR count). The zero-order valence-corrected chi connectivity index (χ0v) is 21.9. The number of hydrogen-bond donors (Lipinski definition) is 4. The van der Waals surface area contributed by atoms with E-state index in [2.05, 4.69) is 20.3 Å². The second-order valence-corrected chi connectivity index (χ2v) is 9.35. The second-order valence-electron chi connectivity index (χ2n) is 9.35. The van der Waals surface area contributed by atoms with Crippen molar-refractivity contribution in [1.82, 2.24) is 19.9 Å². The predicted molar refractivity (Wildman–Crippen MR) is 152 cm³/mol. The van der Waals surface area contributed by atoms with Gasteiger partial charge in [0.25, 0.3) is 0 Å². The maximum Gasteiger partial charge on any atom is 0.338 e. The molecule has 3 aromatic heterocycles. The number of nitrogens with one attached hydrogen (secondary N) is 2. The van der Waals surface area contributed by atoms with Crippen molar-refractivity contribution in [2.45, 2.75) is 26.3 Å². The van der Waals surface area contributed by atoms with Gasteiger partial charge in [-0.25, -0.2) is 14.2 Å². The fourth-order valence-electron chi connectivity index (χ4n) is 4.34. The molecule has 2 aromatic carbocycles. The van der Waals surface area contributed by atoms with Crippen LogP contribution in [0.3, 0.4) is 0 Å². The minimum atomic E-state index is -1.33. The molecule has 5 N–H and O–H groups in total. The summed E-state index contributed by atoms with van der Waals surface area (Å²) in [7, 11) is 0. The van der Waals surface area contributed by atoms with Crippen LogP contribution in [0.15, 0.2) is 66.9 Å². The van der Waals surface area contributed by atoms with Crippen LogP contribution < -0.4 is 15.8 Å². The number of imidazole rings is 1. The number of anilines is 1. The van der Waals surface area contributed by atoms with Crippen molar-refractivity contribution in [3.63, 3.8) is 0 Å². The van der Waals surface area contributed by atoms with Gasteiger partial charge >= 0.3 is 5.97 Å². The van der Waals surface area contributed by atoms with Crippen LogP contribution in [0.25, 0.3) is 33.5 Å². The summed E-state index contributed by atoms with van der Waals surface area (Å²) in [6, 6.07) is 17.5. The van der Waals surface area contributed by atoms with Crippen molar-refractivity contribution in [3.05, 3.63) is 89.8 Å². The lowest BCUT2D eigenvalue weighted by molar-refractivity contribution is 0.0692. The monoisotopic (exact) mass is 540 g/mol. The van der Waals surface area contributed by atoms with E-state index in [1.54, 1.807) is 6.20 Å². The van der Waals surface area contributed by atoms with Crippen molar-refractivity contribution in [2.75, 3.05) is 18.5 Å². The molecule has 0 amide bonds. The number of H-pyrrole nitrogens is 1. The molecule has 0 aliphatic heterocycles. The zero-order chi connectivity index (χ0) is 28.1. The Labute approximate surface area is 230 Å². The Bertz CT molecular complexity index is 1670. The smallest absolute Gasteiger partial charge is 0.338 e. The first-order valence-corrected chi connectivity index (χ1v) is 12.9. The number of hydrogen-bond acceptors (Lipinski definition) is 7. The van der Waals surface area contributed by atoms with Crippen LogP contribution in [-0.2, 0) is 6.54 Å². The standard InChI is InChI=1S/C30H29FN6O3/c1-18-5-4-6-26(35-18)29-28(36-27(37-29)17-33-21-8-9-24(31)23(15-21)30(38)39)19-7-10-25-20(13-19)14-22(16-34-25)40-12-3-2-11-32/h4-10,13-16,33H,2-3,11-12,17,32H2,1H3,(H,36,37)(H,38,39). The van der Waals surface area contributed by atoms with E-state index in [0.29, 0.717) is 36.1 Å². The lowest BCUT2D eigenvalue weighted by Crippen LogP contribution is -2.05. The Kier molecular flexibility index (Phi) is 7.97. The molecule has 0 atom stereocenters. The van der Waals surface area contributed by atoms with Gasteiger partial charge in [-0.2, -0.15) is 0 Å². The van der Waals surface area contributed by atoms with Gasteiger partial charge in [-0.3, -0.25) is 9.97 Å². The predicted octanol–water partition coefficient (Wildman–Crippen LogP) is 5.56. The SMILES string of the molecule is Cc1cccc(-c2[nH]c(CNc3ccc(F)c(C(=O)O)c3)nc2-c2ccc3ncc(OCCCCN)cc3c2)n1. The Morgan fingerprint density at radius 1 is 1.10 bits per heavy atom. The van der Waals surface area contributed by atoms with Gasteiger partial charge in [-0.05, 0) is 74.8 Å². The van der Waals surface area contributed by atoms with Crippen LogP contribution in [0.1, 0.15) is 34.7 Å². The summed E-state index contributed by atoms with van der Waals surface area (Å²) in [6.07, 6.45) is 3.50. The number of benzene rings is 2. The van der Waals surface area contributed by atoms with E-state index in [1.165, 1.54) is 12.1 Å². The lowest BCUT2D eigenvalue weighted by Gasteiger charge is -2.08. The molecule has 40 heavy (non-hydrogen) atoms. The van der Waals surface area contributed by atoms with Gasteiger partial charge in [0.05, 0.1) is 47.5 Å². The number of halogens is 1. The van der Waals surface area contributed by atoms with Gasteiger partial charge in [0.15, 0.2) is 0 Å². The Morgan fingerprint density at radius 2 is 1.98 bits per heavy atom. The highest BCUT2D eigenvalue weighted by Gasteiger charge is 2.17. The van der Waals surface area contributed by atoms with Crippen molar-refractivity contribution in [2.24, 2.45) is 5.73 Å². The lowest BCUT2D eigenvalue weighted by atomic mass is 10.1. The summed E-state index contributed by atoms with van der Waals surface area (Å²) in [6.45, 7) is 3.38. The molecule has 0 aliphatic rings. The zero-order valence-electron chi connectivity index (χ0n) is 21.9. The number of nitrogens with zero attached hydrogens (tertiary/aromatic N) is 3. The van der Waals surface area contributed by atoms with E-state index in [-0.39, 0.29) is 6.54 Å². The highest BCUT2D eigenvalue weighted by molar-refractivity contribution is 5.89. The third-order valence-corrected chi connectivity index (χ3v) is 6.35. The first-order chi connectivity index (χ1) is 19.4. The number of aromatic carboxylic acids is 1. The number of carboxylic acids is 1. The molecule has 0 aliphatic carbocycles. The minimum absolute atomic E-state index is 0.249. The highest BCUT2D eigenvalue weighted by atomic mass is 19.1. The van der Waals surface area contributed by atoms with E-state index >= 15 is 0 Å². The molecule has 0 radical (unpaired) electrons. The van der Waals surface area contributed by atoms with Crippen molar-refractivity contribution in [3.8, 4) is 28.4 Å². The summed E-state index contributed by atoms with van der Waals surface area (Å²) < 4.78 is 19.7. The van der Waals surface area contributed by atoms with E-state index in [1.807, 2.05) is 49.4 Å². The molecule has 0 fully saturated rings. The van der Waals surface area contributed by atoms with Crippen LogP contribution in [0.2, 0.25) is 0 Å². The average molecular weight is 541 g/mol. The van der Waals surface area contributed by atoms with Gasteiger partial charge in [0.1, 0.15) is 17.4 Å². The maximum absolute atomic E-state index is 13.8. The number of carbonyl (C=O) groups is 1. The summed E-state index contributed by atoms with van der Waals surface area (Å²) in [5.41, 5.74) is 10.4. The topological polar surface area (TPSA) is 139 Å². The molecule has 0 saturated heterocycles. The van der Waals surface area contributed by atoms with Gasteiger partial charge in [-0.1, -0.05) is 12.1 Å². The third kappa shape index (κ3) is 6.08. The van der Waals surface area contributed by atoms with Crippen molar-refractivity contribution < 1.29 is 19.0 Å². The number of aromatic nitrogens is 4. The molecule has 0 unspecified atom stereocenters. The Balaban J connectivity index is 1.47. The normalized spacial score (nSPS) is 11.1. The van der Waals surface area contributed by atoms with Crippen LogP contribution in [0.5, 0.6) is 5.75 Å². The van der Waals surface area contributed by atoms with Gasteiger partial charge < -0.3 is 25.9 Å². The largest absolute Gasteiger partial charge is 0.492 e. The van der Waals surface area contributed by atoms with E-state index in [9.17, 15) is 14.3 Å². The number of aromatic amines is 1. The van der Waals surface area contributed by atoms with E-state index < -0.39 is 17.3 Å². The summed E-state index contributed by atoms with van der Waals surface area (Å²) in [5, 5.41) is 13.3. The fraction of sp³-hybridized carbons (Fsp3) is 0.200. The second kappa shape index (κ2) is 11.9. The maximum atomic E-state index is 13.8. The molecular formula is C30H29FN6O3. The Hall–Kier alpha value is -4.83. The molecule has 204 valence electrons. The fourth-order valence-corrected chi connectivity index (χ4v) is 4.34. The summed E-state index contributed by atoms with van der Waals surface area (Å²) in [4.78, 5) is 28.8. The number of rotatable bonds is 11. The third-order valence-electron chi connectivity index (χ3n) is 6.35. The molecule has 0 spiro atoms. The first-order valence-electron chi connectivity index (χ1n) is 12.9. The highest BCUT2D eigenvalue weighted by Crippen LogP contribution is 2.32. The van der Waals surface area contributed by atoms with Gasteiger partial charge in [0.2, 0.25) is 0 Å². The molecular weight excluding hydrogens is 511 g/mol. The quantitative estimate of drug-likeness (QED) is 0.160.